The van der Waals surface area contributed by atoms with Gasteiger partial charge in [0.25, 0.3) is 11.5 Å². The average Bonchev–Trinajstić information content (AvgIpc) is 3.34. The Labute approximate surface area is 180 Å². The molecule has 1 amide bonds. The lowest BCUT2D eigenvalue weighted by Gasteiger charge is -2.33. The molecule has 2 aromatic carbocycles. The van der Waals surface area contributed by atoms with Crippen LogP contribution in [-0.4, -0.2) is 53.0 Å². The van der Waals surface area contributed by atoms with Crippen molar-refractivity contribution >= 4 is 16.8 Å². The van der Waals surface area contributed by atoms with Crippen molar-refractivity contribution in [3.05, 3.63) is 70.3 Å². The van der Waals surface area contributed by atoms with Crippen LogP contribution in [0.15, 0.2) is 53.3 Å². The maximum Gasteiger partial charge on any atom is 0.265 e. The Hall–Kier alpha value is -3.03. The molecule has 5 rings (SSSR count). The Morgan fingerprint density at radius 1 is 1.00 bits per heavy atom. The van der Waals surface area contributed by atoms with Crippen LogP contribution in [0, 0.1) is 12.8 Å². The van der Waals surface area contributed by atoms with E-state index in [2.05, 4.69) is 4.98 Å². The van der Waals surface area contributed by atoms with Gasteiger partial charge in [-0.1, -0.05) is 12.1 Å². The summed E-state index contributed by atoms with van der Waals surface area (Å²) < 4.78 is 12.8. The molecular weight excluding hydrogens is 394 g/mol. The van der Waals surface area contributed by atoms with Gasteiger partial charge in [0.15, 0.2) is 6.29 Å². The highest BCUT2D eigenvalue weighted by Crippen LogP contribution is 2.26. The first-order valence-corrected chi connectivity index (χ1v) is 10.7. The number of carbonyl (C=O) groups is 1. The van der Waals surface area contributed by atoms with Gasteiger partial charge in [-0.2, -0.15) is 0 Å². The zero-order chi connectivity index (χ0) is 21.4. The molecule has 0 atom stereocenters. The second kappa shape index (κ2) is 8.24. The maximum atomic E-state index is 13.0. The summed E-state index contributed by atoms with van der Waals surface area (Å²) >= 11 is 0. The molecule has 2 saturated heterocycles. The summed E-state index contributed by atoms with van der Waals surface area (Å²) in [6.07, 6.45) is 1.64. The van der Waals surface area contributed by atoms with Gasteiger partial charge < -0.3 is 14.4 Å². The monoisotopic (exact) mass is 419 g/mol. The number of amides is 1. The standard InChI is InChI=1S/C24H25N3O4/c1-16-25-21-5-3-2-4-20(21)23(29)27(16)19-8-6-17(7-9-19)22(28)26-12-10-18(11-13-26)24-30-14-15-31-24/h2-9,18,24H,10-15H2,1H3. The van der Waals surface area contributed by atoms with Crippen molar-refractivity contribution in [1.82, 2.24) is 14.5 Å². The molecule has 3 aromatic rings. The lowest BCUT2D eigenvalue weighted by Crippen LogP contribution is -2.41. The number of para-hydroxylation sites is 1. The molecular formula is C24H25N3O4. The van der Waals surface area contributed by atoms with Gasteiger partial charge in [-0.15, -0.1) is 0 Å². The van der Waals surface area contributed by atoms with E-state index in [-0.39, 0.29) is 17.8 Å². The van der Waals surface area contributed by atoms with Crippen LogP contribution in [0.4, 0.5) is 0 Å². The number of likely N-dealkylation sites (tertiary alicyclic amines) is 1. The normalized spacial score (nSPS) is 18.0. The van der Waals surface area contributed by atoms with Gasteiger partial charge in [0.05, 0.1) is 29.8 Å². The Kier molecular flexibility index (Phi) is 5.29. The molecule has 0 saturated carbocycles. The first-order valence-electron chi connectivity index (χ1n) is 10.7. The van der Waals surface area contributed by atoms with E-state index in [1.165, 1.54) is 0 Å². The molecule has 160 valence electrons. The third-order valence-electron chi connectivity index (χ3n) is 6.18. The van der Waals surface area contributed by atoms with Gasteiger partial charge in [-0.05, 0) is 56.2 Å². The van der Waals surface area contributed by atoms with E-state index in [9.17, 15) is 9.59 Å². The Balaban J connectivity index is 1.33. The molecule has 3 heterocycles. The molecule has 7 nitrogen and oxygen atoms in total. The minimum absolute atomic E-state index is 0.0129. The molecule has 2 aliphatic heterocycles. The smallest absolute Gasteiger partial charge is 0.265 e. The molecule has 0 unspecified atom stereocenters. The fourth-order valence-corrected chi connectivity index (χ4v) is 4.51. The minimum Gasteiger partial charge on any atom is -0.350 e. The van der Waals surface area contributed by atoms with E-state index >= 15 is 0 Å². The highest BCUT2D eigenvalue weighted by Gasteiger charge is 2.32. The Bertz CT molecular complexity index is 1160. The number of benzene rings is 2. The summed E-state index contributed by atoms with van der Waals surface area (Å²) in [6, 6.07) is 14.5. The van der Waals surface area contributed by atoms with Crippen LogP contribution in [0.5, 0.6) is 0 Å². The molecule has 2 aliphatic rings. The summed E-state index contributed by atoms with van der Waals surface area (Å²) in [5, 5.41) is 0.575. The summed E-state index contributed by atoms with van der Waals surface area (Å²) in [6.45, 7) is 4.52. The third-order valence-corrected chi connectivity index (χ3v) is 6.18. The zero-order valence-corrected chi connectivity index (χ0v) is 17.5. The number of rotatable bonds is 3. The summed E-state index contributed by atoms with van der Waals surface area (Å²) in [5.41, 5.74) is 1.90. The van der Waals surface area contributed by atoms with Gasteiger partial charge in [0.1, 0.15) is 5.82 Å². The van der Waals surface area contributed by atoms with Gasteiger partial charge in [-0.25, -0.2) is 4.98 Å². The van der Waals surface area contributed by atoms with E-state index in [0.29, 0.717) is 60.2 Å². The number of aryl methyl sites for hydroxylation is 1. The number of carbonyl (C=O) groups excluding carboxylic acids is 1. The van der Waals surface area contributed by atoms with Crippen LogP contribution in [0.2, 0.25) is 0 Å². The van der Waals surface area contributed by atoms with Crippen LogP contribution >= 0.6 is 0 Å². The Morgan fingerprint density at radius 2 is 1.68 bits per heavy atom. The molecule has 2 fully saturated rings. The second-order valence-electron chi connectivity index (χ2n) is 8.10. The first-order chi connectivity index (χ1) is 15.1. The van der Waals surface area contributed by atoms with Gasteiger partial charge >= 0.3 is 0 Å². The molecule has 0 aliphatic carbocycles. The van der Waals surface area contributed by atoms with Crippen LogP contribution in [0.1, 0.15) is 29.0 Å². The third kappa shape index (κ3) is 3.75. The van der Waals surface area contributed by atoms with Crippen molar-refractivity contribution in [2.24, 2.45) is 5.92 Å². The fraction of sp³-hybridized carbons (Fsp3) is 0.375. The van der Waals surface area contributed by atoms with Crippen molar-refractivity contribution in [1.29, 1.82) is 0 Å². The highest BCUT2D eigenvalue weighted by molar-refractivity contribution is 5.94. The van der Waals surface area contributed by atoms with E-state index in [0.717, 1.165) is 12.8 Å². The predicted molar refractivity (Wildman–Crippen MR) is 116 cm³/mol. The second-order valence-corrected chi connectivity index (χ2v) is 8.10. The van der Waals surface area contributed by atoms with Crippen molar-refractivity contribution < 1.29 is 14.3 Å². The van der Waals surface area contributed by atoms with Crippen LogP contribution < -0.4 is 5.56 Å². The fourth-order valence-electron chi connectivity index (χ4n) is 4.51. The molecule has 0 radical (unpaired) electrons. The minimum atomic E-state index is -0.117. The predicted octanol–water partition coefficient (Wildman–Crippen LogP) is 2.92. The zero-order valence-electron chi connectivity index (χ0n) is 17.5. The van der Waals surface area contributed by atoms with E-state index in [4.69, 9.17) is 9.47 Å². The van der Waals surface area contributed by atoms with Crippen molar-refractivity contribution in [2.45, 2.75) is 26.1 Å². The maximum absolute atomic E-state index is 13.0. The molecule has 7 heteroatoms. The van der Waals surface area contributed by atoms with Gasteiger partial charge in [-0.3, -0.25) is 14.2 Å². The molecule has 31 heavy (non-hydrogen) atoms. The molecule has 1 aromatic heterocycles. The van der Waals surface area contributed by atoms with Gasteiger partial charge in [0, 0.05) is 24.6 Å². The highest BCUT2D eigenvalue weighted by atomic mass is 16.7. The number of piperidine rings is 1. The van der Waals surface area contributed by atoms with Crippen molar-refractivity contribution in [3.63, 3.8) is 0 Å². The lowest BCUT2D eigenvalue weighted by molar-refractivity contribution is -0.0956. The number of aromatic nitrogens is 2. The summed E-state index contributed by atoms with van der Waals surface area (Å²) in [7, 11) is 0. The largest absolute Gasteiger partial charge is 0.350 e. The number of ether oxygens (including phenoxy) is 2. The van der Waals surface area contributed by atoms with Crippen molar-refractivity contribution in [2.75, 3.05) is 26.3 Å². The van der Waals surface area contributed by atoms with Crippen LogP contribution in [0.3, 0.4) is 0 Å². The Morgan fingerprint density at radius 3 is 2.39 bits per heavy atom. The lowest BCUT2D eigenvalue weighted by atomic mass is 9.95. The van der Waals surface area contributed by atoms with E-state index in [1.807, 2.05) is 42.2 Å². The SMILES string of the molecule is Cc1nc2ccccc2c(=O)n1-c1ccc(C(=O)N2CCC(C3OCCO3)CC2)cc1. The summed E-state index contributed by atoms with van der Waals surface area (Å²) in [5.74, 6) is 0.976. The van der Waals surface area contributed by atoms with Crippen LogP contribution in [-0.2, 0) is 9.47 Å². The number of hydrogen-bond donors (Lipinski definition) is 0. The van der Waals surface area contributed by atoms with E-state index in [1.54, 1.807) is 22.8 Å². The molecule has 0 bridgehead atoms. The molecule has 0 spiro atoms. The number of hydrogen-bond acceptors (Lipinski definition) is 5. The quantitative estimate of drug-likeness (QED) is 0.653. The first kappa shape index (κ1) is 19.9. The molecule has 0 N–H and O–H groups in total. The van der Waals surface area contributed by atoms with Crippen LogP contribution in [0.25, 0.3) is 16.6 Å². The number of fused-ring (bicyclic) bond motifs is 1. The average molecular weight is 419 g/mol. The number of nitrogens with zero attached hydrogens (tertiary/aromatic N) is 3. The van der Waals surface area contributed by atoms with Gasteiger partial charge in [0.2, 0.25) is 0 Å². The summed E-state index contributed by atoms with van der Waals surface area (Å²) in [4.78, 5) is 32.4. The van der Waals surface area contributed by atoms with E-state index < -0.39 is 0 Å². The topological polar surface area (TPSA) is 73.7 Å². The van der Waals surface area contributed by atoms with Crippen molar-refractivity contribution in [3.8, 4) is 5.69 Å².